The molecule has 0 bridgehead atoms. The maximum absolute atomic E-state index is 12.6. The van der Waals surface area contributed by atoms with Crippen molar-refractivity contribution in [2.45, 2.75) is 43.1 Å². The van der Waals surface area contributed by atoms with Gasteiger partial charge in [-0.3, -0.25) is 10.1 Å². The van der Waals surface area contributed by atoms with E-state index in [1.165, 1.54) is 4.31 Å². The number of para-hydroxylation sites is 1. The molecule has 0 saturated carbocycles. The van der Waals surface area contributed by atoms with E-state index in [2.05, 4.69) is 15.5 Å². The standard InChI is InChI=1S/C17H22N4O4S2/c1-2-14(25-13-9-5-3-6-10-13)15(22)18-16-19-20-17(26-16)27(23,24)21-11-7-4-8-12-21/h3,5-6,9-10,14H,2,4,7-8,11-12H2,1H3,(H,18,19,22)/t14-/m1/s1. The summed E-state index contributed by atoms with van der Waals surface area (Å²) in [7, 11) is -3.66. The molecule has 27 heavy (non-hydrogen) atoms. The minimum atomic E-state index is -3.66. The van der Waals surface area contributed by atoms with Gasteiger partial charge in [-0.25, -0.2) is 8.42 Å². The molecule has 1 fully saturated rings. The summed E-state index contributed by atoms with van der Waals surface area (Å²) < 4.78 is 32.2. The van der Waals surface area contributed by atoms with Crippen LogP contribution in [0.2, 0.25) is 0 Å². The molecule has 10 heteroatoms. The molecule has 1 saturated heterocycles. The van der Waals surface area contributed by atoms with Gasteiger partial charge in [-0.1, -0.05) is 42.9 Å². The number of sulfonamides is 1. The molecule has 2 heterocycles. The summed E-state index contributed by atoms with van der Waals surface area (Å²) >= 11 is 0.857. The van der Waals surface area contributed by atoms with Crippen LogP contribution in [0, 0.1) is 0 Å². The van der Waals surface area contributed by atoms with Gasteiger partial charge in [-0.2, -0.15) is 4.31 Å². The van der Waals surface area contributed by atoms with Crippen molar-refractivity contribution < 1.29 is 17.9 Å². The SMILES string of the molecule is CC[C@@H](Oc1ccccc1)C(=O)Nc1nnc(S(=O)(=O)N2CCCCC2)s1. The Balaban J connectivity index is 1.66. The zero-order valence-corrected chi connectivity index (χ0v) is 16.6. The van der Waals surface area contributed by atoms with Crippen LogP contribution in [0.4, 0.5) is 5.13 Å². The fraction of sp³-hybridized carbons (Fsp3) is 0.471. The van der Waals surface area contributed by atoms with Gasteiger partial charge in [0.05, 0.1) is 0 Å². The Morgan fingerprint density at radius 3 is 2.59 bits per heavy atom. The summed E-state index contributed by atoms with van der Waals surface area (Å²) in [4.78, 5) is 12.5. The molecule has 1 N–H and O–H groups in total. The van der Waals surface area contributed by atoms with E-state index in [9.17, 15) is 13.2 Å². The van der Waals surface area contributed by atoms with Crippen LogP contribution in [0.5, 0.6) is 5.75 Å². The Morgan fingerprint density at radius 1 is 1.22 bits per heavy atom. The number of hydrogen-bond acceptors (Lipinski definition) is 7. The number of carbonyl (C=O) groups excluding carboxylic acids is 1. The zero-order valence-electron chi connectivity index (χ0n) is 15.0. The van der Waals surface area contributed by atoms with Gasteiger partial charge in [0.1, 0.15) is 5.75 Å². The van der Waals surface area contributed by atoms with E-state index in [1.54, 1.807) is 12.1 Å². The molecule has 3 rings (SSSR count). The Kier molecular flexibility index (Phi) is 6.40. The minimum Gasteiger partial charge on any atom is -0.481 e. The highest BCUT2D eigenvalue weighted by Crippen LogP contribution is 2.26. The second kappa shape index (κ2) is 8.77. The van der Waals surface area contributed by atoms with Crippen LogP contribution in [-0.2, 0) is 14.8 Å². The number of ether oxygens (including phenoxy) is 1. The molecule has 0 radical (unpaired) electrons. The molecule has 1 atom stereocenters. The lowest BCUT2D eigenvalue weighted by atomic mass is 10.2. The van der Waals surface area contributed by atoms with Gasteiger partial charge in [0.25, 0.3) is 15.9 Å². The molecule has 146 valence electrons. The normalized spacial score (nSPS) is 16.6. The van der Waals surface area contributed by atoms with E-state index in [0.717, 1.165) is 30.6 Å². The summed E-state index contributed by atoms with van der Waals surface area (Å²) in [6.45, 7) is 2.82. The summed E-state index contributed by atoms with van der Waals surface area (Å²) in [5.74, 6) is 0.199. The Labute approximate surface area is 162 Å². The first-order valence-electron chi connectivity index (χ1n) is 8.87. The molecule has 0 spiro atoms. The number of nitrogens with zero attached hydrogens (tertiary/aromatic N) is 3. The number of hydrogen-bond donors (Lipinski definition) is 1. The van der Waals surface area contributed by atoms with Crippen molar-refractivity contribution >= 4 is 32.4 Å². The number of nitrogens with one attached hydrogen (secondary N) is 1. The largest absolute Gasteiger partial charge is 0.481 e. The van der Waals surface area contributed by atoms with Gasteiger partial charge in [-0.05, 0) is 31.4 Å². The average molecular weight is 411 g/mol. The van der Waals surface area contributed by atoms with E-state index >= 15 is 0 Å². The molecule has 8 nitrogen and oxygen atoms in total. The van der Waals surface area contributed by atoms with Crippen molar-refractivity contribution in [3.8, 4) is 5.75 Å². The minimum absolute atomic E-state index is 0.100. The smallest absolute Gasteiger partial charge is 0.272 e. The lowest BCUT2D eigenvalue weighted by molar-refractivity contribution is -0.122. The fourth-order valence-electron chi connectivity index (χ4n) is 2.75. The van der Waals surface area contributed by atoms with Crippen LogP contribution in [0.15, 0.2) is 34.7 Å². The molecule has 0 aliphatic carbocycles. The highest BCUT2D eigenvalue weighted by atomic mass is 32.2. The van der Waals surface area contributed by atoms with Gasteiger partial charge in [-0.15, -0.1) is 10.2 Å². The van der Waals surface area contributed by atoms with Crippen LogP contribution >= 0.6 is 11.3 Å². The molecule has 1 aliphatic heterocycles. The third-order valence-electron chi connectivity index (χ3n) is 4.20. The number of anilines is 1. The summed E-state index contributed by atoms with van der Waals surface area (Å²) in [5.41, 5.74) is 0. The first-order chi connectivity index (χ1) is 13.0. The van der Waals surface area contributed by atoms with Gasteiger partial charge in [0, 0.05) is 13.1 Å². The Bertz CT molecular complexity index is 864. The van der Waals surface area contributed by atoms with E-state index in [-0.39, 0.29) is 15.4 Å². The van der Waals surface area contributed by atoms with E-state index < -0.39 is 16.1 Å². The van der Waals surface area contributed by atoms with Crippen LogP contribution in [-0.4, -0.2) is 48.0 Å². The zero-order chi connectivity index (χ0) is 19.3. The first kappa shape index (κ1) is 19.7. The molecule has 1 aromatic carbocycles. The molecule has 2 aromatic rings. The third-order valence-corrected chi connectivity index (χ3v) is 7.28. The maximum Gasteiger partial charge on any atom is 0.272 e. The third kappa shape index (κ3) is 4.82. The highest BCUT2D eigenvalue weighted by Gasteiger charge is 2.30. The maximum atomic E-state index is 12.6. The summed E-state index contributed by atoms with van der Waals surface area (Å²) in [6, 6.07) is 9.04. The van der Waals surface area contributed by atoms with Crippen molar-refractivity contribution in [3.63, 3.8) is 0 Å². The monoisotopic (exact) mass is 410 g/mol. The molecule has 1 aliphatic rings. The van der Waals surface area contributed by atoms with Crippen LogP contribution in [0.25, 0.3) is 0 Å². The van der Waals surface area contributed by atoms with Crippen molar-refractivity contribution in [1.29, 1.82) is 0 Å². The van der Waals surface area contributed by atoms with Crippen molar-refractivity contribution in [2.24, 2.45) is 0 Å². The van der Waals surface area contributed by atoms with Crippen LogP contribution in [0.3, 0.4) is 0 Å². The van der Waals surface area contributed by atoms with Crippen molar-refractivity contribution in [2.75, 3.05) is 18.4 Å². The second-order valence-corrected chi connectivity index (χ2v) is 9.24. The predicted molar refractivity (Wildman–Crippen MR) is 102 cm³/mol. The van der Waals surface area contributed by atoms with Gasteiger partial charge < -0.3 is 4.74 Å². The van der Waals surface area contributed by atoms with E-state index in [0.29, 0.717) is 25.3 Å². The molecular formula is C17H22N4O4S2. The lowest BCUT2D eigenvalue weighted by Crippen LogP contribution is -2.35. The van der Waals surface area contributed by atoms with Crippen molar-refractivity contribution in [1.82, 2.24) is 14.5 Å². The lowest BCUT2D eigenvalue weighted by Gasteiger charge is -2.24. The van der Waals surface area contributed by atoms with Gasteiger partial charge in [0.2, 0.25) is 9.47 Å². The molecule has 1 aromatic heterocycles. The average Bonchev–Trinajstić information content (AvgIpc) is 3.17. The number of rotatable bonds is 7. The number of piperidine rings is 1. The van der Waals surface area contributed by atoms with Gasteiger partial charge >= 0.3 is 0 Å². The van der Waals surface area contributed by atoms with Gasteiger partial charge in [0.15, 0.2) is 6.10 Å². The van der Waals surface area contributed by atoms with Crippen molar-refractivity contribution in [3.05, 3.63) is 30.3 Å². The molecule has 0 unspecified atom stereocenters. The fourth-order valence-corrected chi connectivity index (χ4v) is 5.31. The van der Waals surface area contributed by atoms with E-state index in [1.807, 2.05) is 25.1 Å². The summed E-state index contributed by atoms with van der Waals surface area (Å²) in [5, 5.41) is 10.3. The molecule has 1 amide bonds. The Hall–Kier alpha value is -2.04. The first-order valence-corrected chi connectivity index (χ1v) is 11.1. The Morgan fingerprint density at radius 2 is 1.93 bits per heavy atom. The quantitative estimate of drug-likeness (QED) is 0.704. The molecular weight excluding hydrogens is 388 g/mol. The number of carbonyl (C=O) groups is 1. The van der Waals surface area contributed by atoms with E-state index in [4.69, 9.17) is 4.74 Å². The summed E-state index contributed by atoms with van der Waals surface area (Å²) in [6.07, 6.45) is 2.47. The highest BCUT2D eigenvalue weighted by molar-refractivity contribution is 7.91. The number of benzene rings is 1. The number of aromatic nitrogens is 2. The topological polar surface area (TPSA) is 101 Å². The van der Waals surface area contributed by atoms with Crippen LogP contribution in [0.1, 0.15) is 32.6 Å². The second-order valence-electron chi connectivity index (χ2n) is 6.15. The van der Waals surface area contributed by atoms with Crippen LogP contribution < -0.4 is 10.1 Å². The number of amides is 1. The predicted octanol–water partition coefficient (Wildman–Crippen LogP) is 2.51.